The molecule has 2 heterocycles. The van der Waals surface area contributed by atoms with E-state index in [1.807, 2.05) is 18.5 Å². The van der Waals surface area contributed by atoms with E-state index in [1.54, 1.807) is 0 Å². The molecule has 0 N–H and O–H groups in total. The quantitative estimate of drug-likeness (QED) is 0.534. The highest BCUT2D eigenvalue weighted by Crippen LogP contribution is 2.22. The Bertz CT molecular complexity index is 968. The summed E-state index contributed by atoms with van der Waals surface area (Å²) in [5.74, 6) is 0. The third-order valence-electron chi connectivity index (χ3n) is 4.16. The lowest BCUT2D eigenvalue weighted by atomic mass is 9.99. The van der Waals surface area contributed by atoms with Crippen LogP contribution in [0.5, 0.6) is 0 Å². The van der Waals surface area contributed by atoms with Gasteiger partial charge in [0, 0.05) is 23.2 Å². The van der Waals surface area contributed by atoms with Crippen molar-refractivity contribution in [3.8, 4) is 0 Å². The second kappa shape index (κ2) is 5.23. The topological polar surface area (TPSA) is 25.8 Å². The zero-order valence-corrected chi connectivity index (χ0v) is 12.5. The molecule has 0 atom stereocenters. The largest absolute Gasteiger partial charge is 0.256 e. The highest BCUT2D eigenvalue weighted by atomic mass is 14.6. The molecule has 2 heteroatoms. The van der Waals surface area contributed by atoms with Crippen molar-refractivity contribution in [1.29, 1.82) is 0 Å². The van der Waals surface area contributed by atoms with Gasteiger partial charge in [-0.2, -0.15) is 0 Å². The standard InChI is InChI=1S/C20H16N2/c1-14-8-10-22-20-13-15(6-7-17(14)20)12-16-9-11-21-19-5-3-2-4-18(16)19/h2-11,13H,12H2,1H3. The van der Waals surface area contributed by atoms with E-state index >= 15 is 0 Å². The van der Waals surface area contributed by atoms with E-state index in [0.717, 1.165) is 17.5 Å². The van der Waals surface area contributed by atoms with E-state index in [9.17, 15) is 0 Å². The van der Waals surface area contributed by atoms with Crippen molar-refractivity contribution >= 4 is 21.8 Å². The summed E-state index contributed by atoms with van der Waals surface area (Å²) in [7, 11) is 0. The highest BCUT2D eigenvalue weighted by molar-refractivity contribution is 5.84. The van der Waals surface area contributed by atoms with Gasteiger partial charge in [-0.05, 0) is 54.3 Å². The molecule has 0 saturated carbocycles. The Morgan fingerprint density at radius 2 is 1.59 bits per heavy atom. The second-order valence-electron chi connectivity index (χ2n) is 5.64. The van der Waals surface area contributed by atoms with Crippen molar-refractivity contribution in [3.63, 3.8) is 0 Å². The minimum absolute atomic E-state index is 0.897. The van der Waals surface area contributed by atoms with Crippen LogP contribution in [-0.2, 0) is 6.42 Å². The molecule has 0 radical (unpaired) electrons. The maximum absolute atomic E-state index is 4.49. The van der Waals surface area contributed by atoms with Crippen molar-refractivity contribution in [2.45, 2.75) is 13.3 Å². The maximum Gasteiger partial charge on any atom is 0.0707 e. The first-order valence-electron chi connectivity index (χ1n) is 7.48. The first kappa shape index (κ1) is 13.0. The van der Waals surface area contributed by atoms with E-state index < -0.39 is 0 Å². The van der Waals surface area contributed by atoms with Crippen molar-refractivity contribution in [3.05, 3.63) is 83.7 Å². The smallest absolute Gasteiger partial charge is 0.0707 e. The van der Waals surface area contributed by atoms with E-state index in [-0.39, 0.29) is 0 Å². The molecular weight excluding hydrogens is 268 g/mol. The monoisotopic (exact) mass is 284 g/mol. The Labute approximate surface area is 129 Å². The Hall–Kier alpha value is -2.74. The summed E-state index contributed by atoms with van der Waals surface area (Å²) >= 11 is 0. The lowest BCUT2D eigenvalue weighted by molar-refractivity contribution is 1.20. The molecule has 0 amide bonds. The minimum Gasteiger partial charge on any atom is -0.256 e. The lowest BCUT2D eigenvalue weighted by Crippen LogP contribution is -1.92. The van der Waals surface area contributed by atoms with Gasteiger partial charge >= 0.3 is 0 Å². The summed E-state index contributed by atoms with van der Waals surface area (Å²) in [6.07, 6.45) is 4.67. The number of nitrogens with zero attached hydrogens (tertiary/aromatic N) is 2. The summed E-state index contributed by atoms with van der Waals surface area (Å²) in [4.78, 5) is 8.93. The van der Waals surface area contributed by atoms with Gasteiger partial charge in [0.1, 0.15) is 0 Å². The van der Waals surface area contributed by atoms with Crippen molar-refractivity contribution < 1.29 is 0 Å². The van der Waals surface area contributed by atoms with Gasteiger partial charge in [0.15, 0.2) is 0 Å². The van der Waals surface area contributed by atoms with Crippen LogP contribution in [0.3, 0.4) is 0 Å². The molecule has 106 valence electrons. The van der Waals surface area contributed by atoms with E-state index in [1.165, 1.54) is 27.5 Å². The Morgan fingerprint density at radius 3 is 2.55 bits per heavy atom. The van der Waals surface area contributed by atoms with Crippen LogP contribution >= 0.6 is 0 Å². The van der Waals surface area contributed by atoms with Crippen molar-refractivity contribution in [2.75, 3.05) is 0 Å². The SMILES string of the molecule is Cc1ccnc2cc(Cc3ccnc4ccccc34)ccc12. The molecule has 4 rings (SSSR count). The van der Waals surface area contributed by atoms with E-state index in [2.05, 4.69) is 65.4 Å². The van der Waals surface area contributed by atoms with Crippen LogP contribution in [0.15, 0.2) is 67.0 Å². The van der Waals surface area contributed by atoms with Gasteiger partial charge < -0.3 is 0 Å². The molecule has 0 spiro atoms. The number of rotatable bonds is 2. The number of fused-ring (bicyclic) bond motifs is 2. The normalized spacial score (nSPS) is 11.1. The predicted octanol–water partition coefficient (Wildman–Crippen LogP) is 4.68. The van der Waals surface area contributed by atoms with Gasteiger partial charge in [0.25, 0.3) is 0 Å². The van der Waals surface area contributed by atoms with Crippen LogP contribution in [0.2, 0.25) is 0 Å². The molecule has 2 nitrogen and oxygen atoms in total. The van der Waals surface area contributed by atoms with Crippen LogP contribution in [0.4, 0.5) is 0 Å². The summed E-state index contributed by atoms with van der Waals surface area (Å²) in [6.45, 7) is 2.13. The van der Waals surface area contributed by atoms with Gasteiger partial charge in [0.2, 0.25) is 0 Å². The van der Waals surface area contributed by atoms with Crippen LogP contribution in [0, 0.1) is 6.92 Å². The lowest BCUT2D eigenvalue weighted by Gasteiger charge is -2.08. The molecule has 0 aliphatic heterocycles. The fraction of sp³-hybridized carbons (Fsp3) is 0.100. The fourth-order valence-corrected chi connectivity index (χ4v) is 2.98. The Kier molecular flexibility index (Phi) is 3.08. The first-order valence-corrected chi connectivity index (χ1v) is 7.48. The van der Waals surface area contributed by atoms with Crippen molar-refractivity contribution in [2.24, 2.45) is 0 Å². The van der Waals surface area contributed by atoms with Crippen LogP contribution in [0.25, 0.3) is 21.8 Å². The molecule has 0 unspecified atom stereocenters. The zero-order valence-electron chi connectivity index (χ0n) is 12.5. The molecule has 0 bridgehead atoms. The fourth-order valence-electron chi connectivity index (χ4n) is 2.98. The maximum atomic E-state index is 4.49. The van der Waals surface area contributed by atoms with Gasteiger partial charge in [-0.3, -0.25) is 9.97 Å². The number of benzene rings is 2. The Balaban J connectivity index is 1.79. The molecule has 4 aromatic rings. The number of hydrogen-bond acceptors (Lipinski definition) is 2. The number of hydrogen-bond donors (Lipinski definition) is 0. The molecule has 0 aliphatic rings. The third kappa shape index (κ3) is 2.23. The molecule has 2 aromatic carbocycles. The van der Waals surface area contributed by atoms with Crippen LogP contribution in [0.1, 0.15) is 16.7 Å². The highest BCUT2D eigenvalue weighted by Gasteiger charge is 2.05. The van der Waals surface area contributed by atoms with Gasteiger partial charge in [0.05, 0.1) is 11.0 Å². The summed E-state index contributed by atoms with van der Waals surface area (Å²) < 4.78 is 0. The molecule has 22 heavy (non-hydrogen) atoms. The molecule has 0 saturated heterocycles. The second-order valence-corrected chi connectivity index (χ2v) is 5.64. The third-order valence-corrected chi connectivity index (χ3v) is 4.16. The molecular formula is C20H16N2. The van der Waals surface area contributed by atoms with Crippen LogP contribution < -0.4 is 0 Å². The summed E-state index contributed by atoms with van der Waals surface area (Å²) in [5.41, 5.74) is 5.97. The predicted molar refractivity (Wildman–Crippen MR) is 91.0 cm³/mol. The number of pyridine rings is 2. The van der Waals surface area contributed by atoms with Gasteiger partial charge in [-0.15, -0.1) is 0 Å². The van der Waals surface area contributed by atoms with Crippen molar-refractivity contribution in [1.82, 2.24) is 9.97 Å². The number of para-hydroxylation sites is 1. The average Bonchev–Trinajstić information content (AvgIpc) is 2.55. The van der Waals surface area contributed by atoms with E-state index in [0.29, 0.717) is 0 Å². The average molecular weight is 284 g/mol. The summed E-state index contributed by atoms with van der Waals surface area (Å²) in [5, 5.41) is 2.45. The number of aromatic nitrogens is 2. The zero-order chi connectivity index (χ0) is 14.9. The van der Waals surface area contributed by atoms with E-state index in [4.69, 9.17) is 0 Å². The Morgan fingerprint density at radius 1 is 0.773 bits per heavy atom. The van der Waals surface area contributed by atoms with Gasteiger partial charge in [-0.1, -0.05) is 30.3 Å². The summed E-state index contributed by atoms with van der Waals surface area (Å²) in [6, 6.07) is 19.0. The van der Waals surface area contributed by atoms with Crippen LogP contribution in [-0.4, -0.2) is 9.97 Å². The van der Waals surface area contributed by atoms with Gasteiger partial charge in [-0.25, -0.2) is 0 Å². The number of aryl methyl sites for hydroxylation is 1. The molecule has 0 fully saturated rings. The molecule has 2 aromatic heterocycles. The minimum atomic E-state index is 0.897. The first-order chi connectivity index (χ1) is 10.8. The molecule has 0 aliphatic carbocycles.